The van der Waals surface area contributed by atoms with Gasteiger partial charge in [0.25, 0.3) is 0 Å². The van der Waals surface area contributed by atoms with Crippen molar-refractivity contribution in [3.63, 3.8) is 0 Å². The normalized spacial score (nSPS) is 15.3. The van der Waals surface area contributed by atoms with Crippen LogP contribution in [0.1, 0.15) is 5.56 Å². The van der Waals surface area contributed by atoms with Crippen LogP contribution >= 0.6 is 0 Å². The van der Waals surface area contributed by atoms with Gasteiger partial charge in [0.1, 0.15) is 17.7 Å². The van der Waals surface area contributed by atoms with Crippen molar-refractivity contribution < 1.29 is 17.9 Å². The molecule has 2 rings (SSSR count). The molecule has 0 unspecified atom stereocenters. The number of aromatic nitrogens is 1. The Morgan fingerprint density at radius 3 is 2.86 bits per heavy atom. The fourth-order valence-electron chi connectivity index (χ4n) is 1.85. The highest BCUT2D eigenvalue weighted by Crippen LogP contribution is 2.19. The molecule has 1 amide bonds. The highest BCUT2D eigenvalue weighted by molar-refractivity contribution is 7.88. The first-order chi connectivity index (χ1) is 10.3. The van der Waals surface area contributed by atoms with Gasteiger partial charge in [-0.2, -0.15) is 9.57 Å². The van der Waals surface area contributed by atoms with E-state index in [0.717, 1.165) is 10.6 Å². The highest BCUT2D eigenvalue weighted by Gasteiger charge is 2.34. The monoisotopic (exact) mass is 324 g/mol. The molecule has 0 radical (unpaired) electrons. The van der Waals surface area contributed by atoms with E-state index in [0.29, 0.717) is 18.7 Å². The van der Waals surface area contributed by atoms with Gasteiger partial charge in [-0.3, -0.25) is 4.79 Å². The van der Waals surface area contributed by atoms with Crippen molar-refractivity contribution in [3.05, 3.63) is 23.9 Å². The topological polar surface area (TPSA) is 104 Å². The first kappa shape index (κ1) is 16.2. The van der Waals surface area contributed by atoms with Crippen LogP contribution in [0.4, 0.5) is 0 Å². The number of carbonyl (C=O) groups excluding carboxylic acids is 1. The third kappa shape index (κ3) is 3.72. The number of pyridine rings is 1. The molecule has 0 aliphatic carbocycles. The molecule has 9 heteroatoms. The summed E-state index contributed by atoms with van der Waals surface area (Å²) in [4.78, 5) is 17.4. The van der Waals surface area contributed by atoms with Gasteiger partial charge in [-0.15, -0.1) is 0 Å². The maximum Gasteiger partial charge on any atom is 0.238 e. The first-order valence-corrected chi connectivity index (χ1v) is 8.37. The summed E-state index contributed by atoms with van der Waals surface area (Å²) in [5.41, 5.74) is 0.337. The summed E-state index contributed by atoms with van der Waals surface area (Å²) < 4.78 is 29.1. The van der Waals surface area contributed by atoms with Crippen molar-refractivity contribution in [3.8, 4) is 11.9 Å². The Bertz CT molecular complexity index is 707. The van der Waals surface area contributed by atoms with Gasteiger partial charge >= 0.3 is 0 Å². The largest absolute Gasteiger partial charge is 0.470 e. The second-order valence-corrected chi connectivity index (χ2v) is 7.11. The molecule has 1 fully saturated rings. The highest BCUT2D eigenvalue weighted by atomic mass is 32.2. The number of likely N-dealkylation sites (N-methyl/N-ethyl adjacent to an activating group) is 1. The van der Waals surface area contributed by atoms with Gasteiger partial charge in [0.05, 0.1) is 25.9 Å². The number of hydrogen-bond acceptors (Lipinski definition) is 6. The molecule has 0 saturated carbocycles. The second-order valence-electron chi connectivity index (χ2n) is 5.03. The van der Waals surface area contributed by atoms with Crippen molar-refractivity contribution in [1.82, 2.24) is 14.2 Å². The van der Waals surface area contributed by atoms with Crippen molar-refractivity contribution in [2.45, 2.75) is 6.10 Å². The van der Waals surface area contributed by atoms with Gasteiger partial charge in [0, 0.05) is 13.2 Å². The van der Waals surface area contributed by atoms with Crippen LogP contribution in [0.5, 0.6) is 5.88 Å². The Morgan fingerprint density at radius 2 is 2.27 bits per heavy atom. The lowest BCUT2D eigenvalue weighted by Gasteiger charge is -2.39. The summed E-state index contributed by atoms with van der Waals surface area (Å²) in [6.07, 6.45) is 2.33. The fourth-order valence-corrected chi connectivity index (χ4v) is 2.20. The molecule has 22 heavy (non-hydrogen) atoms. The third-order valence-electron chi connectivity index (χ3n) is 3.29. The van der Waals surface area contributed by atoms with Gasteiger partial charge in [-0.1, -0.05) is 0 Å². The predicted octanol–water partition coefficient (Wildman–Crippen LogP) is -0.566. The fraction of sp³-hybridized carbons (Fsp3) is 0.462. The Hall–Kier alpha value is -2.18. The summed E-state index contributed by atoms with van der Waals surface area (Å²) in [5.74, 6) is -0.0374. The van der Waals surface area contributed by atoms with Crippen molar-refractivity contribution >= 4 is 15.9 Å². The minimum absolute atomic E-state index is 0.196. The molecule has 0 atom stereocenters. The van der Waals surface area contributed by atoms with E-state index in [2.05, 4.69) is 4.98 Å². The molecule has 1 aromatic rings. The SMILES string of the molecule is CN(CC(=O)N1CC(Oc2ncccc2C#N)C1)S(C)(=O)=O. The van der Waals surface area contributed by atoms with E-state index >= 15 is 0 Å². The van der Waals surface area contributed by atoms with Crippen LogP contribution in [0.2, 0.25) is 0 Å². The Labute approximate surface area is 129 Å². The number of sulfonamides is 1. The zero-order chi connectivity index (χ0) is 16.3. The molecular formula is C13H16N4O4S. The molecule has 0 bridgehead atoms. The maximum absolute atomic E-state index is 11.9. The van der Waals surface area contributed by atoms with Gasteiger partial charge < -0.3 is 9.64 Å². The van der Waals surface area contributed by atoms with Crippen molar-refractivity contribution in [2.75, 3.05) is 32.9 Å². The number of rotatable bonds is 5. The van der Waals surface area contributed by atoms with Crippen LogP contribution in [0.25, 0.3) is 0 Å². The molecule has 1 aromatic heterocycles. The minimum Gasteiger partial charge on any atom is -0.470 e. The number of nitrogens with zero attached hydrogens (tertiary/aromatic N) is 4. The number of amides is 1. The Kier molecular flexibility index (Phi) is 4.63. The number of hydrogen-bond donors (Lipinski definition) is 0. The summed E-state index contributed by atoms with van der Waals surface area (Å²) in [5, 5.41) is 8.94. The van der Waals surface area contributed by atoms with E-state index in [1.165, 1.54) is 18.1 Å². The molecule has 8 nitrogen and oxygen atoms in total. The molecule has 0 spiro atoms. The molecule has 1 saturated heterocycles. The maximum atomic E-state index is 11.9. The number of nitriles is 1. The van der Waals surface area contributed by atoms with Gasteiger partial charge in [-0.25, -0.2) is 13.4 Å². The summed E-state index contributed by atoms with van der Waals surface area (Å²) in [7, 11) is -2.02. The van der Waals surface area contributed by atoms with E-state index in [4.69, 9.17) is 10.00 Å². The lowest BCUT2D eigenvalue weighted by atomic mass is 10.1. The van der Waals surface area contributed by atoms with Crippen LogP contribution in [-0.4, -0.2) is 67.6 Å². The van der Waals surface area contributed by atoms with E-state index in [1.54, 1.807) is 12.1 Å². The quantitative estimate of drug-likeness (QED) is 0.719. The summed E-state index contributed by atoms with van der Waals surface area (Å²) in [6, 6.07) is 5.23. The average molecular weight is 324 g/mol. The summed E-state index contributed by atoms with van der Waals surface area (Å²) >= 11 is 0. The summed E-state index contributed by atoms with van der Waals surface area (Å²) in [6.45, 7) is 0.494. The third-order valence-corrected chi connectivity index (χ3v) is 4.56. The van der Waals surface area contributed by atoms with Crippen LogP contribution < -0.4 is 4.74 Å². The smallest absolute Gasteiger partial charge is 0.238 e. The lowest BCUT2D eigenvalue weighted by Crippen LogP contribution is -2.58. The number of carbonyl (C=O) groups is 1. The van der Waals surface area contributed by atoms with Crippen molar-refractivity contribution in [1.29, 1.82) is 5.26 Å². The lowest BCUT2D eigenvalue weighted by molar-refractivity contribution is -0.140. The van der Waals surface area contributed by atoms with Gasteiger partial charge in [0.15, 0.2) is 0 Å². The second kappa shape index (κ2) is 6.29. The Morgan fingerprint density at radius 1 is 1.59 bits per heavy atom. The van der Waals surface area contributed by atoms with Crippen LogP contribution in [-0.2, 0) is 14.8 Å². The molecule has 1 aliphatic heterocycles. The first-order valence-electron chi connectivity index (χ1n) is 6.52. The van der Waals surface area contributed by atoms with E-state index in [1.807, 2.05) is 6.07 Å². The van der Waals surface area contributed by atoms with Crippen LogP contribution in [0.3, 0.4) is 0 Å². The minimum atomic E-state index is -3.38. The zero-order valence-corrected chi connectivity index (χ0v) is 13.1. The average Bonchev–Trinajstić information content (AvgIpc) is 2.41. The standard InChI is InChI=1S/C13H16N4O4S/c1-16(22(2,19)20)9-12(18)17-7-11(8-17)21-13-10(6-14)4-3-5-15-13/h3-5,11H,7-9H2,1-2H3. The molecule has 118 valence electrons. The zero-order valence-electron chi connectivity index (χ0n) is 12.3. The molecule has 2 heterocycles. The van der Waals surface area contributed by atoms with Gasteiger partial charge in [-0.05, 0) is 12.1 Å². The van der Waals surface area contributed by atoms with E-state index in [-0.39, 0.29) is 24.4 Å². The number of ether oxygens (including phenoxy) is 1. The van der Waals surface area contributed by atoms with E-state index < -0.39 is 10.0 Å². The molecular weight excluding hydrogens is 308 g/mol. The van der Waals surface area contributed by atoms with Crippen LogP contribution in [0.15, 0.2) is 18.3 Å². The molecule has 0 N–H and O–H groups in total. The molecule has 1 aliphatic rings. The predicted molar refractivity (Wildman–Crippen MR) is 77.4 cm³/mol. The van der Waals surface area contributed by atoms with Crippen molar-refractivity contribution in [2.24, 2.45) is 0 Å². The van der Waals surface area contributed by atoms with Gasteiger partial charge in [0.2, 0.25) is 21.8 Å². The number of likely N-dealkylation sites (tertiary alicyclic amines) is 1. The molecule has 0 aromatic carbocycles. The van der Waals surface area contributed by atoms with Crippen LogP contribution in [0, 0.1) is 11.3 Å². The van der Waals surface area contributed by atoms with E-state index in [9.17, 15) is 13.2 Å². The Balaban J connectivity index is 1.85.